The van der Waals surface area contributed by atoms with Crippen molar-refractivity contribution in [2.45, 2.75) is 6.18 Å². The Hall–Kier alpha value is -2.87. The molecular formula is C19H13F3IN5. The summed E-state index contributed by atoms with van der Waals surface area (Å²) in [7, 11) is 1.68. The fraction of sp³-hybridized carbons (Fsp3) is 0.105. The Labute approximate surface area is 173 Å². The second-order valence-electron chi connectivity index (χ2n) is 5.78. The second-order valence-corrected chi connectivity index (χ2v) is 7.03. The van der Waals surface area contributed by atoms with Crippen molar-refractivity contribution in [2.75, 3.05) is 17.3 Å². The lowest BCUT2D eigenvalue weighted by Crippen LogP contribution is -2.17. The van der Waals surface area contributed by atoms with Gasteiger partial charge in [0.05, 0.1) is 11.6 Å². The molecule has 0 spiro atoms. The van der Waals surface area contributed by atoms with Crippen LogP contribution in [0.2, 0.25) is 0 Å². The van der Waals surface area contributed by atoms with E-state index in [0.29, 0.717) is 11.3 Å². The van der Waals surface area contributed by atoms with Crippen LogP contribution in [0.5, 0.6) is 0 Å². The van der Waals surface area contributed by atoms with Crippen LogP contribution in [0.3, 0.4) is 0 Å². The molecule has 0 unspecified atom stereocenters. The summed E-state index contributed by atoms with van der Waals surface area (Å²) in [4.78, 5) is 9.57. The maximum Gasteiger partial charge on any atom is 0.421 e. The molecule has 0 aliphatic rings. The first kappa shape index (κ1) is 19.9. The fourth-order valence-electron chi connectivity index (χ4n) is 2.38. The zero-order chi connectivity index (χ0) is 20.3. The van der Waals surface area contributed by atoms with Crippen LogP contribution in [0, 0.1) is 14.9 Å². The van der Waals surface area contributed by atoms with Crippen molar-refractivity contribution in [3.8, 4) is 6.07 Å². The van der Waals surface area contributed by atoms with E-state index in [1.54, 1.807) is 11.9 Å². The molecule has 0 saturated heterocycles. The molecule has 0 radical (unpaired) electrons. The lowest BCUT2D eigenvalue weighted by atomic mass is 10.2. The maximum absolute atomic E-state index is 13.4. The first-order valence-corrected chi connectivity index (χ1v) is 9.06. The van der Waals surface area contributed by atoms with E-state index < -0.39 is 11.7 Å². The molecule has 0 fully saturated rings. The molecule has 2 aromatic carbocycles. The molecule has 3 rings (SSSR count). The first-order valence-electron chi connectivity index (χ1n) is 7.98. The summed E-state index contributed by atoms with van der Waals surface area (Å²) < 4.78 is 41.2. The van der Waals surface area contributed by atoms with Gasteiger partial charge < -0.3 is 10.2 Å². The van der Waals surface area contributed by atoms with Crippen LogP contribution >= 0.6 is 22.6 Å². The largest absolute Gasteiger partial charge is 0.421 e. The Balaban J connectivity index is 1.99. The van der Waals surface area contributed by atoms with Gasteiger partial charge in [0.15, 0.2) is 0 Å². The van der Waals surface area contributed by atoms with Crippen molar-refractivity contribution in [3.63, 3.8) is 0 Å². The highest BCUT2D eigenvalue weighted by atomic mass is 127. The van der Waals surface area contributed by atoms with E-state index in [9.17, 15) is 13.2 Å². The van der Waals surface area contributed by atoms with Crippen molar-refractivity contribution in [3.05, 3.63) is 69.4 Å². The Morgan fingerprint density at radius 3 is 2.29 bits per heavy atom. The smallest absolute Gasteiger partial charge is 0.340 e. The number of rotatable bonds is 4. The maximum atomic E-state index is 13.4. The minimum Gasteiger partial charge on any atom is -0.340 e. The number of anilines is 4. The van der Waals surface area contributed by atoms with Gasteiger partial charge in [0.1, 0.15) is 11.4 Å². The molecule has 0 amide bonds. The van der Waals surface area contributed by atoms with Crippen LogP contribution < -0.4 is 10.2 Å². The number of nitrogens with one attached hydrogen (secondary N) is 1. The molecule has 0 aliphatic heterocycles. The van der Waals surface area contributed by atoms with Gasteiger partial charge in [-0.05, 0) is 71.1 Å². The standard InChI is InChI=1S/C19H13F3IN5/c1-28(15-8-4-13(23)5-9-15)18-25-11-16(19(20,21)22)17(27-18)26-14-6-2-12(10-24)3-7-14/h2-9,11H,1H3,(H,25,26,27). The summed E-state index contributed by atoms with van der Waals surface area (Å²) in [5, 5.41) is 11.5. The molecule has 5 nitrogen and oxygen atoms in total. The van der Waals surface area contributed by atoms with Crippen LogP contribution in [0.15, 0.2) is 54.7 Å². The molecule has 142 valence electrons. The molecule has 0 atom stereocenters. The molecule has 28 heavy (non-hydrogen) atoms. The van der Waals surface area contributed by atoms with Gasteiger partial charge in [-0.3, -0.25) is 0 Å². The Morgan fingerprint density at radius 1 is 1.07 bits per heavy atom. The van der Waals surface area contributed by atoms with Gasteiger partial charge >= 0.3 is 6.18 Å². The van der Waals surface area contributed by atoms with E-state index in [1.165, 1.54) is 24.3 Å². The first-order chi connectivity index (χ1) is 13.3. The Morgan fingerprint density at radius 2 is 1.71 bits per heavy atom. The summed E-state index contributed by atoms with van der Waals surface area (Å²) >= 11 is 2.17. The third-order valence-corrected chi connectivity index (χ3v) is 4.59. The van der Waals surface area contributed by atoms with Crippen molar-refractivity contribution in [1.29, 1.82) is 5.26 Å². The second kappa shape index (κ2) is 8.02. The number of nitriles is 1. The van der Waals surface area contributed by atoms with E-state index in [2.05, 4.69) is 37.9 Å². The van der Waals surface area contributed by atoms with Crippen molar-refractivity contribution in [2.24, 2.45) is 0 Å². The average Bonchev–Trinajstić information content (AvgIpc) is 2.68. The normalized spacial score (nSPS) is 11.0. The van der Waals surface area contributed by atoms with E-state index >= 15 is 0 Å². The SMILES string of the molecule is CN(c1ccc(I)cc1)c1ncc(C(F)(F)F)c(Nc2ccc(C#N)cc2)n1. The summed E-state index contributed by atoms with van der Waals surface area (Å²) in [5.41, 5.74) is 0.551. The lowest BCUT2D eigenvalue weighted by Gasteiger charge is -2.20. The van der Waals surface area contributed by atoms with Crippen molar-refractivity contribution >= 4 is 45.7 Å². The molecular weight excluding hydrogens is 482 g/mol. The molecule has 0 bridgehead atoms. The highest BCUT2D eigenvalue weighted by Crippen LogP contribution is 2.36. The molecule has 1 heterocycles. The quantitative estimate of drug-likeness (QED) is 0.486. The van der Waals surface area contributed by atoms with Crippen LogP contribution in [-0.4, -0.2) is 17.0 Å². The van der Waals surface area contributed by atoms with Crippen LogP contribution in [0.25, 0.3) is 0 Å². The van der Waals surface area contributed by atoms with Crippen molar-refractivity contribution < 1.29 is 13.2 Å². The minimum atomic E-state index is -4.62. The number of hydrogen-bond donors (Lipinski definition) is 1. The third-order valence-electron chi connectivity index (χ3n) is 3.87. The zero-order valence-corrected chi connectivity index (χ0v) is 16.7. The number of nitrogens with zero attached hydrogens (tertiary/aromatic N) is 4. The molecule has 3 aromatic rings. The number of alkyl halides is 3. The van der Waals surface area contributed by atoms with E-state index in [4.69, 9.17) is 5.26 Å². The van der Waals surface area contributed by atoms with Gasteiger partial charge in [0.25, 0.3) is 0 Å². The van der Waals surface area contributed by atoms with Gasteiger partial charge in [0, 0.05) is 28.2 Å². The average molecular weight is 495 g/mol. The van der Waals surface area contributed by atoms with Gasteiger partial charge in [-0.15, -0.1) is 0 Å². The van der Waals surface area contributed by atoms with Crippen LogP contribution in [0.4, 0.5) is 36.3 Å². The van der Waals surface area contributed by atoms with Gasteiger partial charge in [0.2, 0.25) is 5.95 Å². The lowest BCUT2D eigenvalue weighted by molar-refractivity contribution is -0.137. The molecule has 0 aliphatic carbocycles. The summed E-state index contributed by atoms with van der Waals surface area (Å²) in [6.45, 7) is 0. The Bertz CT molecular complexity index is 1010. The molecule has 1 N–H and O–H groups in total. The van der Waals surface area contributed by atoms with E-state index in [1.807, 2.05) is 30.3 Å². The zero-order valence-electron chi connectivity index (χ0n) is 14.5. The van der Waals surface area contributed by atoms with Crippen LogP contribution in [0.1, 0.15) is 11.1 Å². The highest BCUT2D eigenvalue weighted by molar-refractivity contribution is 14.1. The van der Waals surface area contributed by atoms with Gasteiger partial charge in [-0.25, -0.2) is 4.98 Å². The molecule has 9 heteroatoms. The minimum absolute atomic E-state index is 0.116. The van der Waals surface area contributed by atoms with Crippen LogP contribution in [-0.2, 0) is 6.18 Å². The Kier molecular flexibility index (Phi) is 5.69. The molecule has 1 aromatic heterocycles. The van der Waals surface area contributed by atoms with E-state index in [-0.39, 0.29) is 11.8 Å². The number of hydrogen-bond acceptors (Lipinski definition) is 5. The third kappa shape index (κ3) is 4.51. The summed E-state index contributed by atoms with van der Waals surface area (Å²) in [6, 6.07) is 15.4. The number of halogens is 4. The fourth-order valence-corrected chi connectivity index (χ4v) is 2.74. The summed E-state index contributed by atoms with van der Waals surface area (Å²) in [6.07, 6.45) is -3.85. The predicted molar refractivity (Wildman–Crippen MR) is 109 cm³/mol. The van der Waals surface area contributed by atoms with Gasteiger partial charge in [-0.2, -0.15) is 23.4 Å². The van der Waals surface area contributed by atoms with E-state index in [0.717, 1.165) is 15.5 Å². The highest BCUT2D eigenvalue weighted by Gasteiger charge is 2.35. The topological polar surface area (TPSA) is 64.8 Å². The predicted octanol–water partition coefficient (Wildman–Crippen LogP) is 5.48. The van der Waals surface area contributed by atoms with Crippen molar-refractivity contribution in [1.82, 2.24) is 9.97 Å². The van der Waals surface area contributed by atoms with Gasteiger partial charge in [-0.1, -0.05) is 0 Å². The monoisotopic (exact) mass is 495 g/mol. The number of aromatic nitrogens is 2. The molecule has 0 saturated carbocycles. The number of benzene rings is 2. The summed E-state index contributed by atoms with van der Waals surface area (Å²) in [5.74, 6) is -0.245.